The number of esters is 1. The van der Waals surface area contributed by atoms with Crippen LogP contribution in [0.3, 0.4) is 0 Å². The van der Waals surface area contributed by atoms with Gasteiger partial charge in [-0.2, -0.15) is 11.8 Å². The Morgan fingerprint density at radius 2 is 2.28 bits per heavy atom. The molecule has 1 aliphatic carbocycles. The largest absolute Gasteiger partial charge is 0.468 e. The standard InChI is InChI=1S/C12H21NO4S/c1-15-11(14)10(13)8-18-7-9-6-16-12(17-9)4-2-3-5-12/h9-10H,2-8,13H2,1H3. The lowest BCUT2D eigenvalue weighted by Gasteiger charge is -2.21. The zero-order chi connectivity index (χ0) is 13.0. The van der Waals surface area contributed by atoms with Crippen molar-refractivity contribution in [2.75, 3.05) is 25.2 Å². The van der Waals surface area contributed by atoms with E-state index in [1.165, 1.54) is 20.0 Å². The maximum Gasteiger partial charge on any atom is 0.323 e. The van der Waals surface area contributed by atoms with E-state index in [1.807, 2.05) is 0 Å². The zero-order valence-electron chi connectivity index (χ0n) is 10.7. The molecule has 2 fully saturated rings. The van der Waals surface area contributed by atoms with Gasteiger partial charge in [0.05, 0.1) is 19.8 Å². The molecule has 2 N–H and O–H groups in total. The van der Waals surface area contributed by atoms with Crippen LogP contribution >= 0.6 is 11.8 Å². The van der Waals surface area contributed by atoms with Crippen molar-refractivity contribution in [3.8, 4) is 0 Å². The first-order valence-corrected chi connectivity index (χ1v) is 7.54. The zero-order valence-corrected chi connectivity index (χ0v) is 11.5. The van der Waals surface area contributed by atoms with E-state index in [9.17, 15) is 4.79 Å². The maximum absolute atomic E-state index is 11.1. The van der Waals surface area contributed by atoms with Gasteiger partial charge in [0, 0.05) is 24.3 Å². The lowest BCUT2D eigenvalue weighted by Crippen LogP contribution is -2.34. The lowest BCUT2D eigenvalue weighted by atomic mass is 10.2. The van der Waals surface area contributed by atoms with Crippen LogP contribution in [0, 0.1) is 0 Å². The first kappa shape index (κ1) is 14.1. The molecule has 0 amide bonds. The molecule has 6 heteroatoms. The van der Waals surface area contributed by atoms with E-state index in [2.05, 4.69) is 4.74 Å². The van der Waals surface area contributed by atoms with Gasteiger partial charge in [-0.05, 0) is 12.8 Å². The summed E-state index contributed by atoms with van der Waals surface area (Å²) in [5.74, 6) is 0.708. The van der Waals surface area contributed by atoms with Crippen molar-refractivity contribution in [2.45, 2.75) is 43.6 Å². The van der Waals surface area contributed by atoms with Crippen LogP contribution in [0.15, 0.2) is 0 Å². The Labute approximate surface area is 112 Å². The lowest BCUT2D eigenvalue weighted by molar-refractivity contribution is -0.159. The molecule has 0 bridgehead atoms. The Balaban J connectivity index is 1.65. The van der Waals surface area contributed by atoms with Gasteiger partial charge in [0.25, 0.3) is 0 Å². The predicted octanol–water partition coefficient (Wildman–Crippen LogP) is 0.906. The number of ether oxygens (including phenoxy) is 3. The molecule has 2 aliphatic rings. The topological polar surface area (TPSA) is 70.8 Å². The van der Waals surface area contributed by atoms with Crippen molar-refractivity contribution in [3.63, 3.8) is 0 Å². The van der Waals surface area contributed by atoms with Crippen LogP contribution in [-0.2, 0) is 19.0 Å². The smallest absolute Gasteiger partial charge is 0.323 e. The van der Waals surface area contributed by atoms with E-state index in [-0.39, 0.29) is 17.9 Å². The van der Waals surface area contributed by atoms with Crippen LogP contribution in [0.2, 0.25) is 0 Å². The summed E-state index contributed by atoms with van der Waals surface area (Å²) in [6.45, 7) is 0.653. The number of carbonyl (C=O) groups excluding carboxylic acids is 1. The molecule has 1 aliphatic heterocycles. The van der Waals surface area contributed by atoms with Crippen LogP contribution in [0.5, 0.6) is 0 Å². The van der Waals surface area contributed by atoms with E-state index in [0.717, 1.165) is 18.6 Å². The highest BCUT2D eigenvalue weighted by Crippen LogP contribution is 2.39. The van der Waals surface area contributed by atoms with E-state index >= 15 is 0 Å². The monoisotopic (exact) mass is 275 g/mol. The highest BCUT2D eigenvalue weighted by Gasteiger charge is 2.43. The van der Waals surface area contributed by atoms with Gasteiger partial charge in [-0.1, -0.05) is 0 Å². The third kappa shape index (κ3) is 3.38. The Hall–Kier alpha value is -0.300. The summed E-state index contributed by atoms with van der Waals surface area (Å²) in [5, 5.41) is 0. The molecule has 2 atom stereocenters. The number of nitrogens with two attached hydrogens (primary N) is 1. The summed E-state index contributed by atoms with van der Waals surface area (Å²) in [4.78, 5) is 11.1. The summed E-state index contributed by atoms with van der Waals surface area (Å²) in [7, 11) is 1.35. The number of rotatable bonds is 5. The van der Waals surface area contributed by atoms with Crippen molar-refractivity contribution in [1.29, 1.82) is 0 Å². The van der Waals surface area contributed by atoms with Gasteiger partial charge in [-0.25, -0.2) is 0 Å². The van der Waals surface area contributed by atoms with Gasteiger partial charge in [0.15, 0.2) is 5.79 Å². The summed E-state index contributed by atoms with van der Waals surface area (Å²) in [6, 6.07) is -0.553. The Morgan fingerprint density at radius 1 is 1.56 bits per heavy atom. The van der Waals surface area contributed by atoms with Crippen molar-refractivity contribution >= 4 is 17.7 Å². The van der Waals surface area contributed by atoms with Gasteiger partial charge in [0.1, 0.15) is 6.04 Å². The number of hydrogen-bond donors (Lipinski definition) is 1. The minimum absolute atomic E-state index is 0.123. The summed E-state index contributed by atoms with van der Waals surface area (Å²) < 4.78 is 16.3. The number of carbonyl (C=O) groups is 1. The molecule has 18 heavy (non-hydrogen) atoms. The van der Waals surface area contributed by atoms with Crippen molar-refractivity contribution < 1.29 is 19.0 Å². The molecule has 1 spiro atoms. The Morgan fingerprint density at radius 3 is 2.94 bits per heavy atom. The van der Waals surface area contributed by atoms with E-state index in [1.54, 1.807) is 11.8 Å². The third-order valence-electron chi connectivity index (χ3n) is 3.38. The summed E-state index contributed by atoms with van der Waals surface area (Å²) >= 11 is 1.61. The average Bonchev–Trinajstić information content (AvgIpc) is 2.99. The molecule has 5 nitrogen and oxygen atoms in total. The molecule has 0 radical (unpaired) electrons. The summed E-state index contributed by atoms with van der Waals surface area (Å²) in [5.41, 5.74) is 5.66. The van der Waals surface area contributed by atoms with Crippen LogP contribution in [-0.4, -0.2) is 49.1 Å². The van der Waals surface area contributed by atoms with Crippen LogP contribution < -0.4 is 5.73 Å². The second-order valence-corrected chi connectivity index (χ2v) is 5.91. The number of thioether (sulfide) groups is 1. The number of hydrogen-bond acceptors (Lipinski definition) is 6. The molecule has 0 aromatic heterocycles. The van der Waals surface area contributed by atoms with Gasteiger partial charge < -0.3 is 19.9 Å². The van der Waals surface area contributed by atoms with E-state index in [0.29, 0.717) is 12.4 Å². The molecule has 1 saturated carbocycles. The number of methoxy groups -OCH3 is 1. The highest BCUT2D eigenvalue weighted by molar-refractivity contribution is 7.99. The second kappa shape index (κ2) is 6.23. The van der Waals surface area contributed by atoms with Crippen molar-refractivity contribution in [1.82, 2.24) is 0 Å². The van der Waals surface area contributed by atoms with Gasteiger partial charge in [0.2, 0.25) is 0 Å². The molecular formula is C12H21NO4S. The summed E-state index contributed by atoms with van der Waals surface area (Å²) in [6.07, 6.45) is 4.52. The van der Waals surface area contributed by atoms with Crippen molar-refractivity contribution in [3.05, 3.63) is 0 Å². The fourth-order valence-electron chi connectivity index (χ4n) is 2.42. The van der Waals surface area contributed by atoms with Crippen LogP contribution in [0.1, 0.15) is 25.7 Å². The minimum atomic E-state index is -0.553. The normalized spacial score (nSPS) is 27.6. The molecule has 2 rings (SSSR count). The molecule has 0 aromatic carbocycles. The fraction of sp³-hybridized carbons (Fsp3) is 0.917. The minimum Gasteiger partial charge on any atom is -0.468 e. The Bertz CT molecular complexity index is 294. The molecule has 1 saturated heterocycles. The maximum atomic E-state index is 11.1. The van der Waals surface area contributed by atoms with Crippen LogP contribution in [0.4, 0.5) is 0 Å². The average molecular weight is 275 g/mol. The van der Waals surface area contributed by atoms with Gasteiger partial charge in [-0.3, -0.25) is 4.79 Å². The van der Waals surface area contributed by atoms with E-state index < -0.39 is 6.04 Å². The van der Waals surface area contributed by atoms with Crippen molar-refractivity contribution in [2.24, 2.45) is 5.73 Å². The quantitative estimate of drug-likeness (QED) is 0.752. The molecular weight excluding hydrogens is 254 g/mol. The van der Waals surface area contributed by atoms with Gasteiger partial charge >= 0.3 is 5.97 Å². The predicted molar refractivity (Wildman–Crippen MR) is 69.3 cm³/mol. The fourth-order valence-corrected chi connectivity index (χ4v) is 3.37. The molecule has 0 aromatic rings. The molecule has 2 unspecified atom stereocenters. The SMILES string of the molecule is COC(=O)C(N)CSCC1COC2(CCCC2)O1. The Kier molecular flexibility index (Phi) is 4.89. The van der Waals surface area contributed by atoms with E-state index in [4.69, 9.17) is 15.2 Å². The third-order valence-corrected chi connectivity index (χ3v) is 4.59. The molecule has 104 valence electrons. The first-order chi connectivity index (χ1) is 8.65. The van der Waals surface area contributed by atoms with Gasteiger partial charge in [-0.15, -0.1) is 0 Å². The highest BCUT2D eigenvalue weighted by atomic mass is 32.2. The molecule has 1 heterocycles. The second-order valence-electron chi connectivity index (χ2n) is 4.84. The first-order valence-electron chi connectivity index (χ1n) is 6.38. The van der Waals surface area contributed by atoms with Crippen LogP contribution in [0.25, 0.3) is 0 Å².